The van der Waals surface area contributed by atoms with Crippen LogP contribution >= 0.6 is 27.3 Å². The minimum absolute atomic E-state index is 0.677. The van der Waals surface area contributed by atoms with Crippen LogP contribution < -0.4 is 4.74 Å². The van der Waals surface area contributed by atoms with Crippen molar-refractivity contribution in [1.29, 1.82) is 0 Å². The fraction of sp³-hybridized carbons (Fsp3) is 0.308. The molecule has 90 valence electrons. The minimum atomic E-state index is 0.677. The Morgan fingerprint density at radius 3 is 2.94 bits per heavy atom. The van der Waals surface area contributed by atoms with E-state index in [1.807, 2.05) is 25.1 Å². The topological polar surface area (TPSA) is 22.1 Å². The number of alkyl halides is 1. The number of halogens is 1. The molecule has 0 aliphatic heterocycles. The van der Waals surface area contributed by atoms with Crippen LogP contribution in [0.1, 0.15) is 12.6 Å². The third kappa shape index (κ3) is 3.07. The predicted molar refractivity (Wildman–Crippen MR) is 76.2 cm³/mol. The van der Waals surface area contributed by atoms with Gasteiger partial charge in [0.1, 0.15) is 10.8 Å². The molecule has 0 spiro atoms. The average Bonchev–Trinajstić information content (AvgIpc) is 2.79. The zero-order valence-electron chi connectivity index (χ0n) is 9.65. The van der Waals surface area contributed by atoms with Crippen LogP contribution in [0.5, 0.6) is 5.75 Å². The van der Waals surface area contributed by atoms with Crippen molar-refractivity contribution in [2.45, 2.75) is 13.3 Å². The number of thiazole rings is 1. The summed E-state index contributed by atoms with van der Waals surface area (Å²) in [6.45, 7) is 2.67. The first-order valence-electron chi connectivity index (χ1n) is 5.57. The average molecular weight is 312 g/mol. The molecule has 1 aromatic heterocycles. The fourth-order valence-electron chi connectivity index (χ4n) is 1.57. The molecule has 17 heavy (non-hydrogen) atoms. The Bertz CT molecular complexity index is 484. The molecule has 1 heterocycles. The van der Waals surface area contributed by atoms with E-state index in [1.165, 1.54) is 0 Å². The lowest BCUT2D eigenvalue weighted by molar-refractivity contribution is 0.341. The first kappa shape index (κ1) is 12.6. The quantitative estimate of drug-likeness (QED) is 0.774. The number of nitrogens with zero attached hydrogens (tertiary/aromatic N) is 1. The van der Waals surface area contributed by atoms with Gasteiger partial charge >= 0.3 is 0 Å². The number of aromatic nitrogens is 1. The number of aryl methyl sites for hydroxylation is 1. The second kappa shape index (κ2) is 6.17. The lowest BCUT2D eigenvalue weighted by Gasteiger charge is -2.07. The Kier molecular flexibility index (Phi) is 4.57. The minimum Gasteiger partial charge on any atom is -0.493 e. The molecule has 2 aromatic rings. The lowest BCUT2D eigenvalue weighted by Crippen LogP contribution is -1.93. The second-order valence-corrected chi connectivity index (χ2v) is 5.16. The highest BCUT2D eigenvalue weighted by molar-refractivity contribution is 9.09. The molecular weight excluding hydrogens is 298 g/mol. The zero-order chi connectivity index (χ0) is 12.1. The van der Waals surface area contributed by atoms with E-state index in [0.717, 1.165) is 33.8 Å². The highest BCUT2D eigenvalue weighted by Gasteiger charge is 2.09. The van der Waals surface area contributed by atoms with Gasteiger partial charge in [-0.1, -0.05) is 28.1 Å². The van der Waals surface area contributed by atoms with Gasteiger partial charge in [-0.15, -0.1) is 11.3 Å². The molecule has 0 radical (unpaired) electrons. The summed E-state index contributed by atoms with van der Waals surface area (Å²) >= 11 is 5.10. The van der Waals surface area contributed by atoms with Crippen molar-refractivity contribution < 1.29 is 4.74 Å². The summed E-state index contributed by atoms with van der Waals surface area (Å²) in [5, 5.41) is 4.09. The first-order valence-corrected chi connectivity index (χ1v) is 7.57. The van der Waals surface area contributed by atoms with Gasteiger partial charge in [0.2, 0.25) is 0 Å². The molecule has 1 aromatic carbocycles. The highest BCUT2D eigenvalue weighted by atomic mass is 79.9. The molecular formula is C13H14BrNOS. The molecule has 0 N–H and O–H groups in total. The van der Waals surface area contributed by atoms with Gasteiger partial charge in [-0.2, -0.15) is 0 Å². The maximum absolute atomic E-state index is 5.62. The Hall–Kier alpha value is -0.870. The van der Waals surface area contributed by atoms with E-state index in [9.17, 15) is 0 Å². The Morgan fingerprint density at radius 1 is 1.35 bits per heavy atom. The molecule has 0 atom stereocenters. The highest BCUT2D eigenvalue weighted by Crippen LogP contribution is 2.32. The van der Waals surface area contributed by atoms with Gasteiger partial charge in [-0.05, 0) is 19.1 Å². The van der Waals surface area contributed by atoms with E-state index in [2.05, 4.69) is 32.4 Å². The van der Waals surface area contributed by atoms with Crippen LogP contribution in [-0.4, -0.2) is 16.9 Å². The molecule has 2 rings (SSSR count). The van der Waals surface area contributed by atoms with Crippen LogP contribution in [0.3, 0.4) is 0 Å². The molecule has 0 aliphatic rings. The van der Waals surface area contributed by atoms with Gasteiger partial charge < -0.3 is 4.74 Å². The molecule has 0 bridgehead atoms. The third-order valence-electron chi connectivity index (χ3n) is 2.32. The molecule has 2 nitrogen and oxygen atoms in total. The molecule has 0 unspecified atom stereocenters. The molecule has 0 aliphatic carbocycles. The fourth-order valence-corrected chi connectivity index (χ4v) is 2.86. The Morgan fingerprint density at radius 2 is 2.18 bits per heavy atom. The second-order valence-electron chi connectivity index (χ2n) is 3.51. The smallest absolute Gasteiger partial charge is 0.129 e. The van der Waals surface area contributed by atoms with Crippen molar-refractivity contribution >= 4 is 27.3 Å². The maximum atomic E-state index is 5.62. The van der Waals surface area contributed by atoms with Crippen LogP contribution in [0.2, 0.25) is 0 Å². The Labute approximate surface area is 114 Å². The number of benzene rings is 1. The Balaban J connectivity index is 2.31. The maximum Gasteiger partial charge on any atom is 0.129 e. The molecule has 0 amide bonds. The van der Waals surface area contributed by atoms with Crippen LogP contribution in [0.4, 0.5) is 0 Å². The van der Waals surface area contributed by atoms with E-state index >= 15 is 0 Å². The van der Waals surface area contributed by atoms with E-state index < -0.39 is 0 Å². The lowest BCUT2D eigenvalue weighted by atomic mass is 10.2. The van der Waals surface area contributed by atoms with Gasteiger partial charge in [-0.3, -0.25) is 0 Å². The van der Waals surface area contributed by atoms with Gasteiger partial charge in [0.15, 0.2) is 0 Å². The normalized spacial score (nSPS) is 10.5. The van der Waals surface area contributed by atoms with E-state index in [1.54, 1.807) is 11.3 Å². The largest absolute Gasteiger partial charge is 0.493 e. The van der Waals surface area contributed by atoms with Gasteiger partial charge in [0.05, 0.1) is 17.9 Å². The molecule has 0 fully saturated rings. The summed E-state index contributed by atoms with van der Waals surface area (Å²) in [5.41, 5.74) is 2.22. The van der Waals surface area contributed by atoms with Gasteiger partial charge in [0, 0.05) is 17.1 Å². The molecule has 0 saturated carbocycles. The molecule has 0 saturated heterocycles. The number of hydrogen-bond acceptors (Lipinski definition) is 3. The SMILES string of the molecule is CCOc1ccccc1-c1nc(CCBr)cs1. The van der Waals surface area contributed by atoms with Crippen molar-refractivity contribution in [3.8, 4) is 16.3 Å². The van der Waals surface area contributed by atoms with Crippen molar-refractivity contribution in [3.05, 3.63) is 35.3 Å². The number of ether oxygens (including phenoxy) is 1. The van der Waals surface area contributed by atoms with Crippen LogP contribution in [0, 0.1) is 0 Å². The van der Waals surface area contributed by atoms with E-state index in [-0.39, 0.29) is 0 Å². The van der Waals surface area contributed by atoms with Crippen LogP contribution in [-0.2, 0) is 6.42 Å². The number of para-hydroxylation sites is 1. The summed E-state index contributed by atoms with van der Waals surface area (Å²) in [6.07, 6.45) is 0.966. The predicted octanol–water partition coefficient (Wildman–Crippen LogP) is 4.15. The summed E-state index contributed by atoms with van der Waals surface area (Å²) < 4.78 is 5.62. The first-order chi connectivity index (χ1) is 8.35. The number of rotatable bonds is 5. The van der Waals surface area contributed by atoms with Crippen molar-refractivity contribution in [2.24, 2.45) is 0 Å². The van der Waals surface area contributed by atoms with Crippen LogP contribution in [0.15, 0.2) is 29.6 Å². The number of hydrogen-bond donors (Lipinski definition) is 0. The van der Waals surface area contributed by atoms with E-state index in [4.69, 9.17) is 4.74 Å². The van der Waals surface area contributed by atoms with Crippen LogP contribution in [0.25, 0.3) is 10.6 Å². The third-order valence-corrected chi connectivity index (χ3v) is 3.64. The van der Waals surface area contributed by atoms with E-state index in [0.29, 0.717) is 6.61 Å². The zero-order valence-corrected chi connectivity index (χ0v) is 12.1. The van der Waals surface area contributed by atoms with Crippen molar-refractivity contribution in [3.63, 3.8) is 0 Å². The standard InChI is InChI=1S/C13H14BrNOS/c1-2-16-12-6-4-3-5-11(12)13-15-10(7-8-14)9-17-13/h3-6,9H,2,7-8H2,1H3. The van der Waals surface area contributed by atoms with Crippen molar-refractivity contribution in [2.75, 3.05) is 11.9 Å². The van der Waals surface area contributed by atoms with Gasteiger partial charge in [0.25, 0.3) is 0 Å². The summed E-state index contributed by atoms with van der Waals surface area (Å²) in [5.74, 6) is 0.912. The van der Waals surface area contributed by atoms with Crippen molar-refractivity contribution in [1.82, 2.24) is 4.98 Å². The van der Waals surface area contributed by atoms with Gasteiger partial charge in [-0.25, -0.2) is 4.98 Å². The summed E-state index contributed by atoms with van der Waals surface area (Å²) in [7, 11) is 0. The summed E-state index contributed by atoms with van der Waals surface area (Å²) in [6, 6.07) is 8.05. The monoisotopic (exact) mass is 311 g/mol. The molecule has 4 heteroatoms. The summed E-state index contributed by atoms with van der Waals surface area (Å²) in [4.78, 5) is 4.62.